The Kier molecular flexibility index (Phi) is 4.66. The van der Waals surface area contributed by atoms with Crippen LogP contribution in [0.1, 0.15) is 10.4 Å². The highest BCUT2D eigenvalue weighted by Gasteiger charge is 2.36. The van der Waals surface area contributed by atoms with Crippen molar-refractivity contribution < 1.29 is 23.8 Å². The number of hydrogen-bond donors (Lipinski definition) is 1. The van der Waals surface area contributed by atoms with E-state index in [2.05, 4.69) is 0 Å². The number of β-amino-alcohol motifs (C(OH)–C–C–N with tert-alkyl or cyclic N) is 1. The van der Waals surface area contributed by atoms with Crippen LogP contribution in [0.4, 0.5) is 4.39 Å². The molecule has 3 rings (SSSR count). The molecule has 0 aromatic heterocycles. The Hall–Kier alpha value is -2.60. The highest BCUT2D eigenvalue weighted by atomic mass is 19.1. The van der Waals surface area contributed by atoms with Crippen LogP contribution in [0.3, 0.4) is 0 Å². The van der Waals surface area contributed by atoms with Crippen LogP contribution < -0.4 is 9.47 Å². The number of hydrogen-bond acceptors (Lipinski definition) is 4. The van der Waals surface area contributed by atoms with Crippen LogP contribution >= 0.6 is 0 Å². The van der Waals surface area contributed by atoms with Gasteiger partial charge in [0, 0.05) is 0 Å². The minimum absolute atomic E-state index is 0.121. The van der Waals surface area contributed by atoms with E-state index in [4.69, 9.17) is 9.47 Å². The molecule has 2 atom stereocenters. The lowest BCUT2D eigenvalue weighted by atomic mass is 10.1. The zero-order chi connectivity index (χ0) is 17.1. The molecular formula is C18H18FNO4. The maximum atomic E-state index is 13.5. The number of methoxy groups -OCH3 is 1. The Balaban J connectivity index is 1.74. The Morgan fingerprint density at radius 3 is 2.67 bits per heavy atom. The molecule has 1 saturated heterocycles. The quantitative estimate of drug-likeness (QED) is 0.932. The smallest absolute Gasteiger partial charge is 0.257 e. The second kappa shape index (κ2) is 6.88. The van der Waals surface area contributed by atoms with Crippen LogP contribution in [-0.4, -0.2) is 48.3 Å². The summed E-state index contributed by atoms with van der Waals surface area (Å²) in [5, 5.41) is 10.2. The van der Waals surface area contributed by atoms with Crippen LogP contribution in [0.15, 0.2) is 48.5 Å². The van der Waals surface area contributed by atoms with Gasteiger partial charge < -0.3 is 19.5 Å². The van der Waals surface area contributed by atoms with Crippen LogP contribution in [0.25, 0.3) is 0 Å². The van der Waals surface area contributed by atoms with E-state index < -0.39 is 23.9 Å². The molecule has 5 nitrogen and oxygen atoms in total. The topological polar surface area (TPSA) is 59.0 Å². The Morgan fingerprint density at radius 1 is 1.21 bits per heavy atom. The third kappa shape index (κ3) is 3.33. The molecule has 0 aliphatic carbocycles. The van der Waals surface area contributed by atoms with E-state index >= 15 is 0 Å². The van der Waals surface area contributed by atoms with Gasteiger partial charge in [-0.05, 0) is 30.3 Å². The second-order valence-corrected chi connectivity index (χ2v) is 5.59. The van der Waals surface area contributed by atoms with Crippen molar-refractivity contribution in [3.05, 3.63) is 59.9 Å². The minimum atomic E-state index is -0.811. The van der Waals surface area contributed by atoms with E-state index in [9.17, 15) is 14.3 Å². The Bertz CT molecular complexity index is 722. The largest absolute Gasteiger partial charge is 0.496 e. The summed E-state index contributed by atoms with van der Waals surface area (Å²) >= 11 is 0. The second-order valence-electron chi connectivity index (χ2n) is 5.59. The number of benzene rings is 2. The van der Waals surface area contributed by atoms with Crippen LogP contribution in [0.2, 0.25) is 0 Å². The van der Waals surface area contributed by atoms with Gasteiger partial charge in [-0.25, -0.2) is 4.39 Å². The van der Waals surface area contributed by atoms with E-state index in [1.165, 1.54) is 24.1 Å². The van der Waals surface area contributed by atoms with Gasteiger partial charge in [0.05, 0.1) is 25.8 Å². The summed E-state index contributed by atoms with van der Waals surface area (Å²) in [5.74, 6) is 0.00282. The standard InChI is InChI=1S/C18H18FNO4/c1-23-16-8-7-12(19)9-14(16)18(22)20-10-15(21)17(11-20)24-13-5-3-2-4-6-13/h2-9,15,17,21H,10-11H2,1H3/t15-,17-/m1/s1. The van der Waals surface area contributed by atoms with Crippen molar-refractivity contribution in [1.82, 2.24) is 4.90 Å². The Labute approximate surface area is 139 Å². The number of carbonyl (C=O) groups excluding carboxylic acids is 1. The average Bonchev–Trinajstić information content (AvgIpc) is 2.96. The molecule has 1 heterocycles. The molecule has 0 radical (unpaired) electrons. The fourth-order valence-electron chi connectivity index (χ4n) is 2.73. The highest BCUT2D eigenvalue weighted by molar-refractivity contribution is 5.97. The number of ether oxygens (including phenoxy) is 2. The van der Waals surface area contributed by atoms with Gasteiger partial charge in [-0.2, -0.15) is 0 Å². The van der Waals surface area contributed by atoms with E-state index in [0.717, 1.165) is 6.07 Å². The maximum absolute atomic E-state index is 13.5. The molecule has 1 N–H and O–H groups in total. The van der Waals surface area contributed by atoms with Crippen LogP contribution in [0, 0.1) is 5.82 Å². The summed E-state index contributed by atoms with van der Waals surface area (Å²) in [6.45, 7) is 0.338. The third-order valence-electron chi connectivity index (χ3n) is 3.95. The first kappa shape index (κ1) is 16.3. The van der Waals surface area contributed by atoms with Gasteiger partial charge in [-0.1, -0.05) is 18.2 Å². The third-order valence-corrected chi connectivity index (χ3v) is 3.95. The SMILES string of the molecule is COc1ccc(F)cc1C(=O)N1C[C@@H](O)[C@H](Oc2ccccc2)C1. The summed E-state index contributed by atoms with van der Waals surface area (Å²) in [5.41, 5.74) is 0.130. The maximum Gasteiger partial charge on any atom is 0.257 e. The van der Waals surface area contributed by atoms with Crippen molar-refractivity contribution >= 4 is 5.91 Å². The Morgan fingerprint density at radius 2 is 1.96 bits per heavy atom. The lowest BCUT2D eigenvalue weighted by molar-refractivity contribution is 0.0729. The number of aliphatic hydroxyl groups excluding tert-OH is 1. The summed E-state index contributed by atoms with van der Waals surface area (Å²) in [4.78, 5) is 14.1. The van der Waals surface area contributed by atoms with E-state index in [-0.39, 0.29) is 18.7 Å². The normalized spacial score (nSPS) is 20.0. The summed E-state index contributed by atoms with van der Waals surface area (Å²) in [6, 6.07) is 12.9. The number of para-hydroxylation sites is 1. The van der Waals surface area contributed by atoms with E-state index in [1.54, 1.807) is 12.1 Å². The number of rotatable bonds is 4. The molecule has 2 aromatic carbocycles. The number of aliphatic hydroxyl groups is 1. The first-order valence-corrected chi connectivity index (χ1v) is 7.61. The minimum Gasteiger partial charge on any atom is -0.496 e. The lowest BCUT2D eigenvalue weighted by Gasteiger charge is -2.18. The number of likely N-dealkylation sites (tertiary alicyclic amines) is 1. The number of amides is 1. The van der Waals surface area contributed by atoms with E-state index in [0.29, 0.717) is 11.5 Å². The number of carbonyl (C=O) groups is 1. The van der Waals surface area contributed by atoms with Gasteiger partial charge in [0.25, 0.3) is 5.91 Å². The van der Waals surface area contributed by atoms with Crippen molar-refractivity contribution in [3.63, 3.8) is 0 Å². The summed E-state index contributed by atoms with van der Waals surface area (Å²) < 4.78 is 24.3. The predicted octanol–water partition coefficient (Wildman–Crippen LogP) is 2.10. The molecule has 0 bridgehead atoms. The highest BCUT2D eigenvalue weighted by Crippen LogP contribution is 2.25. The molecule has 1 aliphatic rings. The number of nitrogens with zero attached hydrogens (tertiary/aromatic N) is 1. The first-order valence-electron chi connectivity index (χ1n) is 7.61. The van der Waals surface area contributed by atoms with Gasteiger partial charge in [0.2, 0.25) is 0 Å². The average molecular weight is 331 g/mol. The van der Waals surface area contributed by atoms with Gasteiger partial charge in [0.1, 0.15) is 29.5 Å². The van der Waals surface area contributed by atoms with Crippen LogP contribution in [-0.2, 0) is 0 Å². The monoisotopic (exact) mass is 331 g/mol. The van der Waals surface area contributed by atoms with Crippen molar-refractivity contribution in [3.8, 4) is 11.5 Å². The van der Waals surface area contributed by atoms with Crippen molar-refractivity contribution in [1.29, 1.82) is 0 Å². The van der Waals surface area contributed by atoms with Crippen molar-refractivity contribution in [2.75, 3.05) is 20.2 Å². The van der Waals surface area contributed by atoms with Gasteiger partial charge in [-0.15, -0.1) is 0 Å². The fourth-order valence-corrected chi connectivity index (χ4v) is 2.73. The molecule has 1 fully saturated rings. The van der Waals surface area contributed by atoms with E-state index in [1.807, 2.05) is 18.2 Å². The van der Waals surface area contributed by atoms with Crippen LogP contribution in [0.5, 0.6) is 11.5 Å². The predicted molar refractivity (Wildman–Crippen MR) is 85.7 cm³/mol. The first-order chi connectivity index (χ1) is 11.6. The van der Waals surface area contributed by atoms with Crippen molar-refractivity contribution in [2.24, 2.45) is 0 Å². The van der Waals surface area contributed by atoms with Gasteiger partial charge in [0.15, 0.2) is 0 Å². The zero-order valence-corrected chi connectivity index (χ0v) is 13.2. The molecular weight excluding hydrogens is 313 g/mol. The molecule has 0 saturated carbocycles. The zero-order valence-electron chi connectivity index (χ0n) is 13.2. The molecule has 1 amide bonds. The molecule has 6 heteroatoms. The summed E-state index contributed by atoms with van der Waals surface area (Å²) in [6.07, 6.45) is -1.34. The molecule has 126 valence electrons. The summed E-state index contributed by atoms with van der Waals surface area (Å²) in [7, 11) is 1.42. The molecule has 2 aromatic rings. The van der Waals surface area contributed by atoms with Gasteiger partial charge >= 0.3 is 0 Å². The molecule has 1 aliphatic heterocycles. The fraction of sp³-hybridized carbons (Fsp3) is 0.278. The van der Waals surface area contributed by atoms with Crippen molar-refractivity contribution in [2.45, 2.75) is 12.2 Å². The van der Waals surface area contributed by atoms with Gasteiger partial charge in [-0.3, -0.25) is 4.79 Å². The number of halogens is 1. The molecule has 24 heavy (non-hydrogen) atoms. The lowest BCUT2D eigenvalue weighted by Crippen LogP contribution is -2.31. The molecule has 0 spiro atoms. The molecule has 0 unspecified atom stereocenters.